The Bertz CT molecular complexity index is 541. The smallest absolute Gasteiger partial charge is 0.228 e. The van der Waals surface area contributed by atoms with Gasteiger partial charge in [0.05, 0.1) is 28.2 Å². The van der Waals surface area contributed by atoms with Crippen LogP contribution in [0.15, 0.2) is 22.7 Å². The molecule has 1 amide bonds. The number of aromatic hydroxyl groups is 1. The van der Waals surface area contributed by atoms with E-state index in [4.69, 9.17) is 5.26 Å². The lowest BCUT2D eigenvalue weighted by atomic mass is 10.1. The summed E-state index contributed by atoms with van der Waals surface area (Å²) in [5, 5.41) is 21.5. The summed E-state index contributed by atoms with van der Waals surface area (Å²) in [7, 11) is 1.83. The van der Waals surface area contributed by atoms with Crippen LogP contribution in [-0.2, 0) is 4.79 Å². The molecule has 1 aromatic carbocycles. The lowest BCUT2D eigenvalue weighted by Gasteiger charge is -2.12. The molecule has 1 saturated heterocycles. The third kappa shape index (κ3) is 2.88. The van der Waals surface area contributed by atoms with E-state index in [0.717, 1.165) is 0 Å². The first-order valence-electron chi connectivity index (χ1n) is 5.91. The average molecular weight is 324 g/mol. The van der Waals surface area contributed by atoms with E-state index in [1.807, 2.05) is 11.9 Å². The van der Waals surface area contributed by atoms with Gasteiger partial charge in [0.1, 0.15) is 0 Å². The quantitative estimate of drug-likeness (QED) is 0.815. The van der Waals surface area contributed by atoms with Crippen molar-refractivity contribution in [1.82, 2.24) is 4.90 Å². The third-order valence-corrected chi connectivity index (χ3v) is 3.95. The fourth-order valence-electron chi connectivity index (χ4n) is 2.19. The van der Waals surface area contributed by atoms with E-state index in [9.17, 15) is 9.90 Å². The van der Waals surface area contributed by atoms with Gasteiger partial charge in [-0.1, -0.05) is 6.07 Å². The summed E-state index contributed by atoms with van der Waals surface area (Å²) in [5.41, 5.74) is 0.377. The molecule has 2 atom stereocenters. The summed E-state index contributed by atoms with van der Waals surface area (Å²) < 4.78 is 0.531. The number of phenolic OH excluding ortho intramolecular Hbond substituents is 1. The number of halogens is 1. The number of hydrogen-bond donors (Lipinski definition) is 2. The molecular weight excluding hydrogens is 310 g/mol. The first-order chi connectivity index (χ1) is 9.02. The fraction of sp³-hybridized carbons (Fsp3) is 0.385. The highest BCUT2D eigenvalue weighted by atomic mass is 79.9. The Morgan fingerprint density at radius 2 is 2.37 bits per heavy atom. The van der Waals surface area contributed by atoms with Crippen LogP contribution in [0.25, 0.3) is 0 Å². The van der Waals surface area contributed by atoms with Crippen molar-refractivity contribution in [2.75, 3.05) is 18.9 Å². The summed E-state index contributed by atoms with van der Waals surface area (Å²) in [6.45, 7) is 0.554. The molecule has 5 nitrogen and oxygen atoms in total. The summed E-state index contributed by atoms with van der Waals surface area (Å²) in [6.07, 6.45) is 0.521. The number of hydrogen-bond acceptors (Lipinski definition) is 4. The first kappa shape index (κ1) is 13.8. The zero-order valence-electron chi connectivity index (χ0n) is 10.4. The molecule has 19 heavy (non-hydrogen) atoms. The summed E-state index contributed by atoms with van der Waals surface area (Å²) in [5.74, 6) is -0.384. The number of likely N-dealkylation sites (tertiary alicyclic amines) is 1. The van der Waals surface area contributed by atoms with E-state index in [1.165, 1.54) is 0 Å². The predicted molar refractivity (Wildman–Crippen MR) is 74.6 cm³/mol. The number of anilines is 1. The second-order valence-corrected chi connectivity index (χ2v) is 5.50. The Morgan fingerprint density at radius 3 is 3.00 bits per heavy atom. The lowest BCUT2D eigenvalue weighted by Crippen LogP contribution is -2.26. The van der Waals surface area contributed by atoms with E-state index in [1.54, 1.807) is 18.2 Å². The molecule has 1 fully saturated rings. The number of benzene rings is 1. The largest absolute Gasteiger partial charge is 0.505 e. The van der Waals surface area contributed by atoms with Gasteiger partial charge in [-0.3, -0.25) is 9.69 Å². The molecule has 2 unspecified atom stereocenters. The Kier molecular flexibility index (Phi) is 4.08. The minimum Gasteiger partial charge on any atom is -0.505 e. The minimum absolute atomic E-state index is 0.0130. The standard InChI is InChI=1S/C13H14BrN3O2/c1-17-7-8(5-9(17)6-15)13(19)16-11-4-2-3-10(14)12(11)18/h2-4,8-9,18H,5,7H2,1H3,(H,16,19). The molecule has 1 aliphatic rings. The van der Waals surface area contributed by atoms with Gasteiger partial charge in [0.25, 0.3) is 0 Å². The Labute approximate surface area is 120 Å². The van der Waals surface area contributed by atoms with Crippen LogP contribution >= 0.6 is 15.9 Å². The molecule has 1 heterocycles. The van der Waals surface area contributed by atoms with Crippen LogP contribution in [0.5, 0.6) is 5.75 Å². The van der Waals surface area contributed by atoms with Crippen molar-refractivity contribution in [2.45, 2.75) is 12.5 Å². The molecule has 1 aromatic rings. The van der Waals surface area contributed by atoms with E-state index in [0.29, 0.717) is 23.1 Å². The number of nitriles is 1. The minimum atomic E-state index is -0.229. The predicted octanol–water partition coefficient (Wildman–Crippen LogP) is 1.94. The zero-order chi connectivity index (χ0) is 14.0. The number of nitrogens with zero attached hydrogens (tertiary/aromatic N) is 2. The van der Waals surface area contributed by atoms with Crippen LogP contribution in [0, 0.1) is 17.2 Å². The Balaban J connectivity index is 2.07. The van der Waals surface area contributed by atoms with E-state index < -0.39 is 0 Å². The van der Waals surface area contributed by atoms with Crippen LogP contribution in [0.1, 0.15) is 6.42 Å². The van der Waals surface area contributed by atoms with Gasteiger partial charge in [0.2, 0.25) is 5.91 Å². The van der Waals surface area contributed by atoms with Crippen LogP contribution in [0.3, 0.4) is 0 Å². The van der Waals surface area contributed by atoms with Crippen molar-refractivity contribution < 1.29 is 9.90 Å². The average Bonchev–Trinajstić information content (AvgIpc) is 2.76. The van der Waals surface area contributed by atoms with Crippen LogP contribution in [-0.4, -0.2) is 35.5 Å². The van der Waals surface area contributed by atoms with Crippen LogP contribution in [0.2, 0.25) is 0 Å². The van der Waals surface area contributed by atoms with Crippen molar-refractivity contribution in [1.29, 1.82) is 5.26 Å². The fourth-order valence-corrected chi connectivity index (χ4v) is 2.56. The summed E-state index contributed by atoms with van der Waals surface area (Å²) >= 11 is 3.20. The summed E-state index contributed by atoms with van der Waals surface area (Å²) in [4.78, 5) is 14.0. The van der Waals surface area contributed by atoms with Gasteiger partial charge in [-0.05, 0) is 41.5 Å². The topological polar surface area (TPSA) is 76.4 Å². The normalized spacial score (nSPS) is 23.0. The van der Waals surface area contributed by atoms with E-state index in [2.05, 4.69) is 27.3 Å². The van der Waals surface area contributed by atoms with Crippen LogP contribution in [0.4, 0.5) is 5.69 Å². The van der Waals surface area contributed by atoms with Gasteiger partial charge in [0, 0.05) is 6.54 Å². The molecule has 0 radical (unpaired) electrons. The molecule has 2 rings (SSSR count). The molecule has 0 saturated carbocycles. The molecule has 1 aliphatic heterocycles. The van der Waals surface area contributed by atoms with Crippen molar-refractivity contribution in [3.8, 4) is 11.8 Å². The zero-order valence-corrected chi connectivity index (χ0v) is 12.0. The van der Waals surface area contributed by atoms with Gasteiger partial charge < -0.3 is 10.4 Å². The number of nitrogens with one attached hydrogen (secondary N) is 1. The molecule has 2 N–H and O–H groups in total. The van der Waals surface area contributed by atoms with Crippen molar-refractivity contribution in [3.05, 3.63) is 22.7 Å². The Hall–Kier alpha value is -1.58. The second kappa shape index (κ2) is 5.59. The summed E-state index contributed by atoms with van der Waals surface area (Å²) in [6, 6.07) is 7.02. The van der Waals surface area contributed by atoms with Crippen LogP contribution < -0.4 is 5.32 Å². The molecule has 6 heteroatoms. The van der Waals surface area contributed by atoms with Gasteiger partial charge in [-0.15, -0.1) is 0 Å². The number of amides is 1. The SMILES string of the molecule is CN1CC(C(=O)Nc2cccc(Br)c2O)CC1C#N. The third-order valence-electron chi connectivity index (χ3n) is 3.31. The number of carbonyl (C=O) groups is 1. The number of para-hydroxylation sites is 1. The highest BCUT2D eigenvalue weighted by molar-refractivity contribution is 9.10. The maximum Gasteiger partial charge on any atom is 0.228 e. The van der Waals surface area contributed by atoms with E-state index >= 15 is 0 Å². The van der Waals surface area contributed by atoms with Crippen molar-refractivity contribution in [2.24, 2.45) is 5.92 Å². The number of phenols is 1. The molecular formula is C13H14BrN3O2. The molecule has 0 aliphatic carbocycles. The van der Waals surface area contributed by atoms with Gasteiger partial charge in [-0.2, -0.15) is 5.26 Å². The molecule has 0 aromatic heterocycles. The van der Waals surface area contributed by atoms with Gasteiger partial charge in [0.15, 0.2) is 5.75 Å². The molecule has 0 bridgehead atoms. The molecule has 0 spiro atoms. The van der Waals surface area contributed by atoms with Gasteiger partial charge in [-0.25, -0.2) is 0 Å². The van der Waals surface area contributed by atoms with E-state index in [-0.39, 0.29) is 23.6 Å². The second-order valence-electron chi connectivity index (χ2n) is 4.64. The van der Waals surface area contributed by atoms with Crippen molar-refractivity contribution in [3.63, 3.8) is 0 Å². The number of carbonyl (C=O) groups excluding carboxylic acids is 1. The monoisotopic (exact) mass is 323 g/mol. The Morgan fingerprint density at radius 1 is 1.63 bits per heavy atom. The maximum absolute atomic E-state index is 12.1. The van der Waals surface area contributed by atoms with Crippen molar-refractivity contribution >= 4 is 27.5 Å². The maximum atomic E-state index is 12.1. The lowest BCUT2D eigenvalue weighted by molar-refractivity contribution is -0.119. The van der Waals surface area contributed by atoms with Gasteiger partial charge >= 0.3 is 0 Å². The first-order valence-corrected chi connectivity index (χ1v) is 6.70. The highest BCUT2D eigenvalue weighted by Crippen LogP contribution is 2.32. The number of rotatable bonds is 2. The molecule has 100 valence electrons. The highest BCUT2D eigenvalue weighted by Gasteiger charge is 2.34.